The summed E-state index contributed by atoms with van der Waals surface area (Å²) in [5.41, 5.74) is 0.215. The van der Waals surface area contributed by atoms with Crippen molar-refractivity contribution in [1.29, 1.82) is 0 Å². The van der Waals surface area contributed by atoms with Crippen molar-refractivity contribution in [3.63, 3.8) is 0 Å². The quantitative estimate of drug-likeness (QED) is 0.653. The van der Waals surface area contributed by atoms with Crippen molar-refractivity contribution < 1.29 is 4.79 Å². The smallest absolute Gasteiger partial charge is 0.233 e. The normalized spacial score (nSPS) is 20.8. The fraction of sp³-hybridized carbons (Fsp3) is 0.889. The van der Waals surface area contributed by atoms with Crippen LogP contribution in [0.5, 0.6) is 0 Å². The molecule has 0 radical (unpaired) electrons. The molecule has 0 unspecified atom stereocenters. The Morgan fingerprint density at radius 2 is 2.00 bits per heavy atom. The molecule has 1 saturated carbocycles. The lowest BCUT2D eigenvalue weighted by atomic mass is 10.0. The molecule has 2 N–H and O–H groups in total. The molecular weight excluding hydrogens is 152 g/mol. The van der Waals surface area contributed by atoms with Gasteiger partial charge in [-0.15, -0.1) is 0 Å². The fourth-order valence-corrected chi connectivity index (χ4v) is 1.71. The third-order valence-electron chi connectivity index (χ3n) is 2.66. The van der Waals surface area contributed by atoms with Gasteiger partial charge in [0, 0.05) is 12.6 Å². The molecule has 1 aliphatic rings. The first-order chi connectivity index (χ1) is 5.66. The summed E-state index contributed by atoms with van der Waals surface area (Å²) in [6, 6.07) is 0. The highest BCUT2D eigenvalue weighted by atomic mass is 16.1. The second-order valence-electron chi connectivity index (χ2n) is 3.79. The third kappa shape index (κ3) is 2.48. The molecular formula is C9H18N2O. The lowest BCUT2D eigenvalue weighted by Crippen LogP contribution is -2.44. The van der Waals surface area contributed by atoms with Gasteiger partial charge >= 0.3 is 0 Å². The summed E-state index contributed by atoms with van der Waals surface area (Å²) in [7, 11) is 1.67. The van der Waals surface area contributed by atoms with E-state index >= 15 is 0 Å². The number of nitrogens with one attached hydrogen (secondary N) is 2. The Hall–Kier alpha value is -0.570. The van der Waals surface area contributed by atoms with Gasteiger partial charge in [0.2, 0.25) is 5.91 Å². The van der Waals surface area contributed by atoms with E-state index in [1.54, 1.807) is 7.05 Å². The predicted molar refractivity (Wildman–Crippen MR) is 48.9 cm³/mol. The van der Waals surface area contributed by atoms with Crippen LogP contribution in [-0.4, -0.2) is 25.0 Å². The number of hydrogen-bond donors (Lipinski definition) is 2. The molecule has 0 aromatic carbocycles. The Labute approximate surface area is 73.9 Å². The molecule has 3 nitrogen and oxygen atoms in total. The monoisotopic (exact) mass is 170 g/mol. The van der Waals surface area contributed by atoms with Crippen LogP contribution in [0.4, 0.5) is 0 Å². The molecule has 0 spiro atoms. The zero-order valence-electron chi connectivity index (χ0n) is 7.94. The summed E-state index contributed by atoms with van der Waals surface area (Å²) in [6.45, 7) is 2.65. The molecule has 0 saturated heterocycles. The number of carbonyl (C=O) groups excluding carboxylic acids is 1. The van der Waals surface area contributed by atoms with Gasteiger partial charge in [0.1, 0.15) is 0 Å². The van der Waals surface area contributed by atoms with Crippen LogP contribution >= 0.6 is 0 Å². The van der Waals surface area contributed by atoms with Gasteiger partial charge in [0.05, 0.1) is 6.54 Å². The Morgan fingerprint density at radius 3 is 2.50 bits per heavy atom. The minimum absolute atomic E-state index is 0.0723. The van der Waals surface area contributed by atoms with Crippen LogP contribution in [-0.2, 0) is 4.79 Å². The average molecular weight is 170 g/mol. The number of likely N-dealkylation sites (N-methyl/N-ethyl adjacent to an activating group) is 1. The molecule has 1 aliphatic carbocycles. The Kier molecular flexibility index (Phi) is 3.09. The first-order valence-electron chi connectivity index (χ1n) is 4.62. The number of carbonyl (C=O) groups is 1. The van der Waals surface area contributed by atoms with Gasteiger partial charge in [-0.2, -0.15) is 0 Å². The Bertz CT molecular complexity index is 162. The van der Waals surface area contributed by atoms with E-state index in [-0.39, 0.29) is 11.4 Å². The molecule has 3 heteroatoms. The molecule has 0 aromatic heterocycles. The van der Waals surface area contributed by atoms with E-state index in [1.807, 2.05) is 0 Å². The average Bonchev–Trinajstić information content (AvgIpc) is 2.49. The standard InChI is InChI=1S/C9H18N2O/c1-9(5-3-4-6-9)11-7-8(12)10-2/h11H,3-7H2,1-2H3,(H,10,12). The second kappa shape index (κ2) is 3.90. The molecule has 0 atom stereocenters. The predicted octanol–water partition coefficient (Wildman–Crippen LogP) is 0.655. The van der Waals surface area contributed by atoms with Crippen molar-refractivity contribution in [2.24, 2.45) is 0 Å². The molecule has 1 amide bonds. The molecule has 12 heavy (non-hydrogen) atoms. The first kappa shape index (κ1) is 9.52. The fourth-order valence-electron chi connectivity index (χ4n) is 1.71. The van der Waals surface area contributed by atoms with Crippen molar-refractivity contribution >= 4 is 5.91 Å². The van der Waals surface area contributed by atoms with Crippen molar-refractivity contribution in [1.82, 2.24) is 10.6 Å². The van der Waals surface area contributed by atoms with Crippen LogP contribution in [0.2, 0.25) is 0 Å². The van der Waals surface area contributed by atoms with Crippen LogP contribution in [0.15, 0.2) is 0 Å². The zero-order chi connectivity index (χ0) is 9.03. The Morgan fingerprint density at radius 1 is 1.42 bits per heavy atom. The van der Waals surface area contributed by atoms with Crippen molar-refractivity contribution in [3.05, 3.63) is 0 Å². The number of amides is 1. The minimum Gasteiger partial charge on any atom is -0.358 e. The van der Waals surface area contributed by atoms with Crippen LogP contribution in [0.25, 0.3) is 0 Å². The number of rotatable bonds is 3. The van der Waals surface area contributed by atoms with E-state index in [9.17, 15) is 4.79 Å². The molecule has 1 rings (SSSR count). The van der Waals surface area contributed by atoms with Gasteiger partial charge in [0.15, 0.2) is 0 Å². The third-order valence-corrected chi connectivity index (χ3v) is 2.66. The Balaban J connectivity index is 2.25. The molecule has 0 aromatic rings. The maximum absolute atomic E-state index is 10.9. The first-order valence-corrected chi connectivity index (χ1v) is 4.62. The van der Waals surface area contributed by atoms with Gasteiger partial charge < -0.3 is 10.6 Å². The highest BCUT2D eigenvalue weighted by Crippen LogP contribution is 2.28. The van der Waals surface area contributed by atoms with Gasteiger partial charge in [-0.3, -0.25) is 4.79 Å². The van der Waals surface area contributed by atoms with Crippen molar-refractivity contribution in [2.75, 3.05) is 13.6 Å². The molecule has 70 valence electrons. The maximum atomic E-state index is 10.9. The summed E-state index contributed by atoms with van der Waals surface area (Å²) >= 11 is 0. The van der Waals surface area contributed by atoms with E-state index in [4.69, 9.17) is 0 Å². The van der Waals surface area contributed by atoms with Gasteiger partial charge in [-0.05, 0) is 19.8 Å². The summed E-state index contributed by atoms with van der Waals surface area (Å²) in [5.74, 6) is 0.0723. The van der Waals surface area contributed by atoms with Crippen LogP contribution in [0.3, 0.4) is 0 Å². The molecule has 0 bridgehead atoms. The van der Waals surface area contributed by atoms with E-state index < -0.39 is 0 Å². The van der Waals surface area contributed by atoms with Gasteiger partial charge in [-0.1, -0.05) is 12.8 Å². The van der Waals surface area contributed by atoms with Gasteiger partial charge in [0.25, 0.3) is 0 Å². The molecule has 0 aliphatic heterocycles. The number of hydrogen-bond acceptors (Lipinski definition) is 2. The van der Waals surface area contributed by atoms with Crippen LogP contribution < -0.4 is 10.6 Å². The SMILES string of the molecule is CNC(=O)CNC1(C)CCCC1. The van der Waals surface area contributed by atoms with E-state index in [0.717, 1.165) is 0 Å². The lowest BCUT2D eigenvalue weighted by molar-refractivity contribution is -0.120. The molecule has 0 heterocycles. The summed E-state index contributed by atoms with van der Waals surface area (Å²) in [5, 5.41) is 5.90. The highest BCUT2D eigenvalue weighted by Gasteiger charge is 2.27. The lowest BCUT2D eigenvalue weighted by Gasteiger charge is -2.24. The highest BCUT2D eigenvalue weighted by molar-refractivity contribution is 5.77. The largest absolute Gasteiger partial charge is 0.358 e. The van der Waals surface area contributed by atoms with Crippen molar-refractivity contribution in [3.8, 4) is 0 Å². The minimum atomic E-state index is 0.0723. The van der Waals surface area contributed by atoms with E-state index in [0.29, 0.717) is 6.54 Å². The summed E-state index contributed by atoms with van der Waals surface area (Å²) in [6.07, 6.45) is 4.97. The van der Waals surface area contributed by atoms with E-state index in [2.05, 4.69) is 17.6 Å². The van der Waals surface area contributed by atoms with Crippen LogP contribution in [0, 0.1) is 0 Å². The van der Waals surface area contributed by atoms with Crippen LogP contribution in [0.1, 0.15) is 32.6 Å². The zero-order valence-corrected chi connectivity index (χ0v) is 7.94. The molecule has 1 fully saturated rings. The van der Waals surface area contributed by atoms with E-state index in [1.165, 1.54) is 25.7 Å². The summed E-state index contributed by atoms with van der Waals surface area (Å²) in [4.78, 5) is 10.9. The summed E-state index contributed by atoms with van der Waals surface area (Å²) < 4.78 is 0. The maximum Gasteiger partial charge on any atom is 0.233 e. The van der Waals surface area contributed by atoms with Crippen molar-refractivity contribution in [2.45, 2.75) is 38.1 Å². The van der Waals surface area contributed by atoms with Gasteiger partial charge in [-0.25, -0.2) is 0 Å². The second-order valence-corrected chi connectivity index (χ2v) is 3.79. The topological polar surface area (TPSA) is 41.1 Å².